The van der Waals surface area contributed by atoms with Crippen molar-refractivity contribution in [2.45, 2.75) is 13.5 Å². The summed E-state index contributed by atoms with van der Waals surface area (Å²) >= 11 is 1.05. The van der Waals surface area contributed by atoms with Gasteiger partial charge in [0, 0.05) is 28.5 Å². The van der Waals surface area contributed by atoms with E-state index in [1.54, 1.807) is 12.1 Å². The van der Waals surface area contributed by atoms with E-state index in [1.165, 1.54) is 26.2 Å². The van der Waals surface area contributed by atoms with Gasteiger partial charge in [0.15, 0.2) is 6.61 Å². The Balaban J connectivity index is 2.30. The number of rotatable bonds is 6. The van der Waals surface area contributed by atoms with Crippen molar-refractivity contribution < 1.29 is 23.5 Å². The average Bonchev–Trinajstić information content (AvgIpc) is 2.93. The molecule has 1 heterocycles. The van der Waals surface area contributed by atoms with Crippen LogP contribution in [0.25, 0.3) is 10.1 Å². The molecule has 8 heteroatoms. The molecule has 0 saturated carbocycles. The van der Waals surface area contributed by atoms with E-state index in [9.17, 15) is 14.0 Å². The van der Waals surface area contributed by atoms with E-state index in [1.807, 2.05) is 0 Å². The van der Waals surface area contributed by atoms with Gasteiger partial charge < -0.3 is 15.2 Å². The Morgan fingerprint density at radius 3 is 2.72 bits per heavy atom. The Kier molecular flexibility index (Phi) is 5.85. The first kappa shape index (κ1) is 18.6. The zero-order valence-corrected chi connectivity index (χ0v) is 14.4. The van der Waals surface area contributed by atoms with Crippen molar-refractivity contribution in [3.63, 3.8) is 0 Å². The molecule has 2 rings (SSSR count). The van der Waals surface area contributed by atoms with Crippen molar-refractivity contribution in [1.29, 1.82) is 5.26 Å². The van der Waals surface area contributed by atoms with Crippen molar-refractivity contribution in [3.05, 3.63) is 45.7 Å². The van der Waals surface area contributed by atoms with Gasteiger partial charge in [-0.25, -0.2) is 9.18 Å². The van der Waals surface area contributed by atoms with E-state index in [4.69, 9.17) is 20.5 Å². The monoisotopic (exact) mass is 362 g/mol. The number of benzene rings is 1. The number of fused-ring (bicyclic) bond motifs is 1. The topological polar surface area (TPSA) is 102 Å². The standard InChI is InChI=1S/C17H15FN2O4S/c1-9(20)10(6-19)13(21)8-24-17(22)16-11(7-23-2)15-12(18)4-3-5-14(15)25-16/h3-5H,7-8,20H2,1-2H3/b10-9+. The maximum absolute atomic E-state index is 14.1. The largest absolute Gasteiger partial charge is 0.453 e. The maximum Gasteiger partial charge on any atom is 0.349 e. The van der Waals surface area contributed by atoms with Crippen molar-refractivity contribution in [2.75, 3.05) is 13.7 Å². The number of esters is 1. The number of nitrogens with zero attached hydrogens (tertiary/aromatic N) is 1. The van der Waals surface area contributed by atoms with Crippen LogP contribution in [0.15, 0.2) is 29.5 Å². The van der Waals surface area contributed by atoms with E-state index in [-0.39, 0.29) is 22.8 Å². The van der Waals surface area contributed by atoms with Crippen LogP contribution in [-0.4, -0.2) is 25.5 Å². The molecule has 0 radical (unpaired) electrons. The molecule has 0 fully saturated rings. The second kappa shape index (κ2) is 7.88. The van der Waals surface area contributed by atoms with Crippen LogP contribution in [0.5, 0.6) is 0 Å². The lowest BCUT2D eigenvalue weighted by atomic mass is 10.1. The Morgan fingerprint density at radius 1 is 1.40 bits per heavy atom. The summed E-state index contributed by atoms with van der Waals surface area (Å²) in [4.78, 5) is 24.4. The summed E-state index contributed by atoms with van der Waals surface area (Å²) in [7, 11) is 1.43. The van der Waals surface area contributed by atoms with Crippen LogP contribution in [0, 0.1) is 17.1 Å². The normalized spacial score (nSPS) is 11.8. The molecule has 1 aromatic carbocycles. The predicted molar refractivity (Wildman–Crippen MR) is 90.3 cm³/mol. The number of carbonyl (C=O) groups is 2. The summed E-state index contributed by atoms with van der Waals surface area (Å²) in [6.45, 7) is 0.799. The maximum atomic E-state index is 14.1. The summed E-state index contributed by atoms with van der Waals surface area (Å²) in [5.41, 5.74) is 5.59. The van der Waals surface area contributed by atoms with Gasteiger partial charge in [-0.05, 0) is 19.1 Å². The molecule has 25 heavy (non-hydrogen) atoms. The fourth-order valence-electron chi connectivity index (χ4n) is 2.25. The summed E-state index contributed by atoms with van der Waals surface area (Å²) in [5.74, 6) is -1.95. The number of carbonyl (C=O) groups excluding carboxylic acids is 2. The zero-order valence-electron chi connectivity index (χ0n) is 13.6. The highest BCUT2D eigenvalue weighted by Gasteiger charge is 2.23. The van der Waals surface area contributed by atoms with E-state index in [0.29, 0.717) is 15.6 Å². The first-order valence-electron chi connectivity index (χ1n) is 7.16. The van der Waals surface area contributed by atoms with E-state index >= 15 is 0 Å². The Bertz CT molecular complexity index is 907. The third kappa shape index (κ3) is 3.84. The molecule has 0 bridgehead atoms. The molecule has 0 aliphatic carbocycles. The van der Waals surface area contributed by atoms with Crippen LogP contribution in [0.4, 0.5) is 4.39 Å². The molecular formula is C17H15FN2O4S. The van der Waals surface area contributed by atoms with Crippen molar-refractivity contribution >= 4 is 33.2 Å². The number of nitriles is 1. The summed E-state index contributed by atoms with van der Waals surface area (Å²) in [5, 5.41) is 9.18. The molecule has 0 atom stereocenters. The minimum atomic E-state index is -0.784. The van der Waals surface area contributed by atoms with Gasteiger partial charge >= 0.3 is 5.97 Å². The fourth-order valence-corrected chi connectivity index (χ4v) is 3.37. The highest BCUT2D eigenvalue weighted by Crippen LogP contribution is 2.34. The first-order valence-corrected chi connectivity index (χ1v) is 7.98. The minimum absolute atomic E-state index is 0.0184. The Morgan fingerprint density at radius 2 is 2.12 bits per heavy atom. The third-order valence-electron chi connectivity index (χ3n) is 3.36. The number of methoxy groups -OCH3 is 1. The summed E-state index contributed by atoms with van der Waals surface area (Å²) in [6.07, 6.45) is 0. The minimum Gasteiger partial charge on any atom is -0.453 e. The van der Waals surface area contributed by atoms with Gasteiger partial charge in [-0.1, -0.05) is 6.07 Å². The van der Waals surface area contributed by atoms with Crippen molar-refractivity contribution in [3.8, 4) is 6.07 Å². The van der Waals surface area contributed by atoms with Crippen LogP contribution in [0.3, 0.4) is 0 Å². The quantitative estimate of drug-likeness (QED) is 0.481. The van der Waals surface area contributed by atoms with E-state index < -0.39 is 24.2 Å². The lowest BCUT2D eigenvalue weighted by Gasteiger charge is -2.06. The number of thiophene rings is 1. The molecule has 1 aromatic heterocycles. The van der Waals surface area contributed by atoms with Gasteiger partial charge in [-0.2, -0.15) is 5.26 Å². The number of hydrogen-bond acceptors (Lipinski definition) is 7. The molecular weight excluding hydrogens is 347 g/mol. The van der Waals surface area contributed by atoms with Crippen LogP contribution in [0.1, 0.15) is 22.2 Å². The smallest absolute Gasteiger partial charge is 0.349 e. The van der Waals surface area contributed by atoms with E-state index in [2.05, 4.69) is 0 Å². The molecule has 130 valence electrons. The zero-order chi connectivity index (χ0) is 18.6. The molecule has 0 aliphatic heterocycles. The Hall–Kier alpha value is -2.76. The number of halogens is 1. The van der Waals surface area contributed by atoms with Gasteiger partial charge in [-0.3, -0.25) is 4.79 Å². The Labute approximate surface area is 147 Å². The average molecular weight is 362 g/mol. The second-order valence-electron chi connectivity index (χ2n) is 5.12. The van der Waals surface area contributed by atoms with Crippen molar-refractivity contribution in [2.24, 2.45) is 5.73 Å². The molecule has 2 N–H and O–H groups in total. The number of ether oxygens (including phenoxy) is 2. The van der Waals surface area contributed by atoms with Gasteiger partial charge in [0.05, 0.1) is 6.61 Å². The number of allylic oxidation sites excluding steroid dienone is 1. The number of nitrogens with two attached hydrogens (primary N) is 1. The summed E-state index contributed by atoms with van der Waals surface area (Å²) in [6, 6.07) is 6.18. The molecule has 2 aromatic rings. The highest BCUT2D eigenvalue weighted by atomic mass is 32.1. The lowest BCUT2D eigenvalue weighted by molar-refractivity contribution is -0.118. The number of hydrogen-bond donors (Lipinski definition) is 1. The van der Waals surface area contributed by atoms with Crippen molar-refractivity contribution in [1.82, 2.24) is 0 Å². The summed E-state index contributed by atoms with van der Waals surface area (Å²) < 4.78 is 24.7. The van der Waals surface area contributed by atoms with Gasteiger partial charge in [0.25, 0.3) is 0 Å². The third-order valence-corrected chi connectivity index (χ3v) is 4.53. The number of Topliss-reactive ketones (excluding diaryl/α,β-unsaturated/α-hetero) is 1. The molecule has 6 nitrogen and oxygen atoms in total. The van der Waals surface area contributed by atoms with Gasteiger partial charge in [0.1, 0.15) is 22.3 Å². The molecule has 0 aliphatic rings. The molecule has 0 unspecified atom stereocenters. The van der Waals surface area contributed by atoms with Crippen LogP contribution >= 0.6 is 11.3 Å². The lowest BCUT2D eigenvalue weighted by Crippen LogP contribution is -2.17. The molecule has 0 saturated heterocycles. The first-order chi connectivity index (χ1) is 11.9. The van der Waals surface area contributed by atoms with E-state index in [0.717, 1.165) is 11.3 Å². The van der Waals surface area contributed by atoms with Gasteiger partial charge in [0.2, 0.25) is 5.78 Å². The van der Waals surface area contributed by atoms with Gasteiger partial charge in [-0.15, -0.1) is 11.3 Å². The van der Waals surface area contributed by atoms with Crippen LogP contribution < -0.4 is 5.73 Å². The second-order valence-corrected chi connectivity index (χ2v) is 6.18. The van der Waals surface area contributed by atoms with Crippen LogP contribution in [0.2, 0.25) is 0 Å². The molecule has 0 amide bonds. The predicted octanol–water partition coefficient (Wildman–Crippen LogP) is 2.67. The molecule has 0 spiro atoms. The fraction of sp³-hybridized carbons (Fsp3) is 0.235. The number of ketones is 1. The highest BCUT2D eigenvalue weighted by molar-refractivity contribution is 7.21. The SMILES string of the molecule is COCc1c(C(=O)OCC(=O)/C(C#N)=C(\C)N)sc2cccc(F)c12. The van der Waals surface area contributed by atoms with Crippen LogP contribution in [-0.2, 0) is 20.9 Å².